The molecule has 0 saturated carbocycles. The van der Waals surface area contributed by atoms with Gasteiger partial charge in [0, 0.05) is 15.6 Å². The van der Waals surface area contributed by atoms with Crippen LogP contribution in [0.3, 0.4) is 0 Å². The summed E-state index contributed by atoms with van der Waals surface area (Å²) in [6, 6.07) is 8.13. The van der Waals surface area contributed by atoms with E-state index in [1.165, 1.54) is 36.4 Å². The van der Waals surface area contributed by atoms with Crippen molar-refractivity contribution in [2.45, 2.75) is 6.92 Å². The Hall–Kier alpha value is -3.36. The van der Waals surface area contributed by atoms with Crippen molar-refractivity contribution in [2.75, 3.05) is 11.5 Å². The van der Waals surface area contributed by atoms with Crippen molar-refractivity contribution in [3.8, 4) is 5.75 Å². The average Bonchev–Trinajstić information content (AvgIpc) is 2.67. The molecule has 8 nitrogen and oxygen atoms in total. The smallest absolute Gasteiger partial charge is 0.335 e. The van der Waals surface area contributed by atoms with E-state index < -0.39 is 30.4 Å². The van der Waals surface area contributed by atoms with Crippen LogP contribution < -0.4 is 20.7 Å². The molecule has 0 aromatic heterocycles. The highest BCUT2D eigenvalue weighted by molar-refractivity contribution is 6.39. The lowest BCUT2D eigenvalue weighted by atomic mass is 10.1. The molecular weight excluding hydrogens is 433 g/mol. The summed E-state index contributed by atoms with van der Waals surface area (Å²) in [4.78, 5) is 49.5. The Morgan fingerprint density at radius 2 is 1.90 bits per heavy atom. The molecule has 0 spiro atoms. The molecule has 0 bridgehead atoms. The van der Waals surface area contributed by atoms with Crippen LogP contribution in [-0.4, -0.2) is 30.4 Å². The molecule has 0 aliphatic carbocycles. The van der Waals surface area contributed by atoms with Gasteiger partial charge in [-0.05, 0) is 48.9 Å². The van der Waals surface area contributed by atoms with Gasteiger partial charge in [-0.15, -0.1) is 0 Å². The fraction of sp³-hybridized carbons (Fsp3) is 0.100. The largest absolute Gasteiger partial charge is 0.483 e. The maximum Gasteiger partial charge on any atom is 0.335 e. The van der Waals surface area contributed by atoms with E-state index in [9.17, 15) is 19.2 Å². The van der Waals surface area contributed by atoms with Crippen LogP contribution in [0.5, 0.6) is 5.75 Å². The van der Waals surface area contributed by atoms with Crippen molar-refractivity contribution in [2.24, 2.45) is 5.73 Å². The molecule has 0 atom stereocenters. The molecule has 154 valence electrons. The van der Waals surface area contributed by atoms with Gasteiger partial charge in [-0.2, -0.15) is 0 Å². The van der Waals surface area contributed by atoms with Crippen molar-refractivity contribution in [3.05, 3.63) is 63.1 Å². The number of aryl methyl sites for hydroxylation is 1. The summed E-state index contributed by atoms with van der Waals surface area (Å²) in [5, 5.41) is 2.77. The standard InChI is InChI=1S/C20H15Cl2N3O5/c1-10-2-4-13(8-15(10)22)25-19(28)14(18(27)24-20(25)29)7-11-6-12(21)3-5-16(11)30-9-17(23)26/h2-8H,9H2,1H3,(H2,23,26)(H,24,27,29)/b14-7+. The summed E-state index contributed by atoms with van der Waals surface area (Å²) in [7, 11) is 0. The van der Waals surface area contributed by atoms with E-state index in [2.05, 4.69) is 5.32 Å². The number of nitrogens with two attached hydrogens (primary N) is 1. The number of nitrogens with one attached hydrogen (secondary N) is 1. The van der Waals surface area contributed by atoms with Crippen molar-refractivity contribution in [3.63, 3.8) is 0 Å². The Morgan fingerprint density at radius 3 is 2.57 bits per heavy atom. The maximum absolute atomic E-state index is 13.0. The lowest BCUT2D eigenvalue weighted by Gasteiger charge is -2.26. The number of carbonyl (C=O) groups is 4. The number of nitrogens with zero attached hydrogens (tertiary/aromatic N) is 1. The molecule has 5 amide bonds. The van der Waals surface area contributed by atoms with Crippen LogP contribution in [0.25, 0.3) is 6.08 Å². The van der Waals surface area contributed by atoms with Crippen molar-refractivity contribution in [1.29, 1.82) is 0 Å². The topological polar surface area (TPSA) is 119 Å². The van der Waals surface area contributed by atoms with Crippen LogP contribution in [0.4, 0.5) is 10.5 Å². The number of urea groups is 1. The van der Waals surface area contributed by atoms with E-state index in [1.807, 2.05) is 0 Å². The molecule has 0 radical (unpaired) electrons. The highest BCUT2D eigenvalue weighted by Crippen LogP contribution is 2.29. The molecule has 30 heavy (non-hydrogen) atoms. The number of amides is 5. The predicted molar refractivity (Wildman–Crippen MR) is 111 cm³/mol. The zero-order valence-corrected chi connectivity index (χ0v) is 17.1. The Morgan fingerprint density at radius 1 is 1.17 bits per heavy atom. The lowest BCUT2D eigenvalue weighted by Crippen LogP contribution is -2.54. The molecule has 1 heterocycles. The zero-order valence-electron chi connectivity index (χ0n) is 15.6. The minimum atomic E-state index is -0.904. The zero-order chi connectivity index (χ0) is 22.0. The monoisotopic (exact) mass is 447 g/mol. The fourth-order valence-corrected chi connectivity index (χ4v) is 3.04. The van der Waals surface area contributed by atoms with Crippen molar-refractivity contribution in [1.82, 2.24) is 5.32 Å². The highest BCUT2D eigenvalue weighted by Gasteiger charge is 2.37. The van der Waals surface area contributed by atoms with E-state index in [4.69, 9.17) is 33.7 Å². The average molecular weight is 448 g/mol. The lowest BCUT2D eigenvalue weighted by molar-refractivity contribution is -0.123. The van der Waals surface area contributed by atoms with Crippen LogP contribution in [-0.2, 0) is 14.4 Å². The normalized spacial score (nSPS) is 15.4. The minimum absolute atomic E-state index is 0.174. The van der Waals surface area contributed by atoms with Gasteiger partial charge in [0.05, 0.1) is 5.69 Å². The highest BCUT2D eigenvalue weighted by atomic mass is 35.5. The van der Waals surface area contributed by atoms with Gasteiger partial charge < -0.3 is 10.5 Å². The Labute approximate surface area is 181 Å². The number of primary amides is 1. The number of benzene rings is 2. The Kier molecular flexibility index (Phi) is 6.09. The van der Waals surface area contributed by atoms with Gasteiger partial charge in [0.2, 0.25) is 0 Å². The first-order valence-corrected chi connectivity index (χ1v) is 9.31. The number of hydrogen-bond acceptors (Lipinski definition) is 5. The summed E-state index contributed by atoms with van der Waals surface area (Å²) in [6.45, 7) is 1.36. The Balaban J connectivity index is 2.03. The second-order valence-electron chi connectivity index (χ2n) is 6.33. The molecule has 2 aromatic rings. The number of carbonyl (C=O) groups excluding carboxylic acids is 4. The Bertz CT molecular complexity index is 1110. The summed E-state index contributed by atoms with van der Waals surface area (Å²) in [5.74, 6) is -2.28. The second-order valence-corrected chi connectivity index (χ2v) is 7.17. The summed E-state index contributed by atoms with van der Waals surface area (Å²) in [6.07, 6.45) is 1.22. The third-order valence-electron chi connectivity index (χ3n) is 4.16. The molecule has 1 aliphatic rings. The molecule has 2 aromatic carbocycles. The molecule has 10 heteroatoms. The van der Waals surface area contributed by atoms with Gasteiger partial charge in [-0.3, -0.25) is 19.7 Å². The summed E-state index contributed by atoms with van der Waals surface area (Å²) < 4.78 is 5.31. The molecule has 1 aliphatic heterocycles. The van der Waals surface area contributed by atoms with E-state index in [-0.39, 0.29) is 22.6 Å². The number of anilines is 1. The van der Waals surface area contributed by atoms with E-state index in [1.54, 1.807) is 13.0 Å². The molecule has 0 unspecified atom stereocenters. The van der Waals surface area contributed by atoms with Crippen molar-refractivity contribution >= 4 is 58.7 Å². The maximum atomic E-state index is 13.0. The van der Waals surface area contributed by atoms with E-state index >= 15 is 0 Å². The van der Waals surface area contributed by atoms with Gasteiger partial charge in [0.25, 0.3) is 17.7 Å². The van der Waals surface area contributed by atoms with Crippen LogP contribution in [0.2, 0.25) is 10.0 Å². The van der Waals surface area contributed by atoms with Gasteiger partial charge in [-0.1, -0.05) is 29.3 Å². The molecule has 3 rings (SSSR count). The number of barbiturate groups is 1. The summed E-state index contributed by atoms with van der Waals surface area (Å²) in [5.41, 5.74) is 5.96. The summed E-state index contributed by atoms with van der Waals surface area (Å²) >= 11 is 12.1. The number of imide groups is 2. The predicted octanol–water partition coefficient (Wildman–Crippen LogP) is 2.83. The minimum Gasteiger partial charge on any atom is -0.483 e. The van der Waals surface area contributed by atoms with E-state index in [0.717, 1.165) is 10.5 Å². The third-order valence-corrected chi connectivity index (χ3v) is 4.80. The number of rotatable bonds is 5. The first-order valence-electron chi connectivity index (χ1n) is 8.55. The van der Waals surface area contributed by atoms with Gasteiger partial charge >= 0.3 is 6.03 Å². The van der Waals surface area contributed by atoms with Crippen LogP contribution >= 0.6 is 23.2 Å². The number of halogens is 2. The third kappa shape index (κ3) is 4.45. The van der Waals surface area contributed by atoms with Crippen LogP contribution in [0, 0.1) is 6.92 Å². The fourth-order valence-electron chi connectivity index (χ4n) is 2.68. The quantitative estimate of drug-likeness (QED) is 0.539. The van der Waals surface area contributed by atoms with Crippen LogP contribution in [0.15, 0.2) is 42.0 Å². The van der Waals surface area contributed by atoms with Crippen LogP contribution in [0.1, 0.15) is 11.1 Å². The first-order chi connectivity index (χ1) is 14.2. The molecular formula is C20H15Cl2N3O5. The molecule has 1 saturated heterocycles. The van der Waals surface area contributed by atoms with Gasteiger partial charge in [-0.25, -0.2) is 9.69 Å². The molecule has 3 N–H and O–H groups in total. The number of hydrogen-bond donors (Lipinski definition) is 2. The second kappa shape index (κ2) is 8.56. The molecule has 1 fully saturated rings. The van der Waals surface area contributed by atoms with E-state index in [0.29, 0.717) is 10.0 Å². The van der Waals surface area contributed by atoms with Crippen molar-refractivity contribution < 1.29 is 23.9 Å². The first kappa shape index (κ1) is 21.4. The number of ether oxygens (including phenoxy) is 1. The SMILES string of the molecule is Cc1ccc(N2C(=O)NC(=O)/C(=C\c3cc(Cl)ccc3OCC(N)=O)C2=O)cc1Cl. The van der Waals surface area contributed by atoms with Gasteiger partial charge in [0.15, 0.2) is 6.61 Å². The van der Waals surface area contributed by atoms with Gasteiger partial charge in [0.1, 0.15) is 11.3 Å².